The lowest BCUT2D eigenvalue weighted by molar-refractivity contribution is 0.931. The van der Waals surface area contributed by atoms with Gasteiger partial charge in [-0.1, -0.05) is 6.07 Å². The Morgan fingerprint density at radius 2 is 2.13 bits per heavy atom. The van der Waals surface area contributed by atoms with Gasteiger partial charge in [-0.15, -0.1) is 11.6 Å². The van der Waals surface area contributed by atoms with Gasteiger partial charge in [0.1, 0.15) is 5.82 Å². The quantitative estimate of drug-likeness (QED) is 0.743. The summed E-state index contributed by atoms with van der Waals surface area (Å²) >= 11 is 5.70. The molecule has 0 aromatic carbocycles. The number of nitrogens with zero attached hydrogens (tertiary/aromatic N) is 3. The number of pyridine rings is 1. The first-order valence-corrected chi connectivity index (χ1v) is 5.17. The topological polar surface area (TPSA) is 38.7 Å². The van der Waals surface area contributed by atoms with E-state index in [2.05, 4.69) is 15.0 Å². The van der Waals surface area contributed by atoms with Crippen molar-refractivity contribution < 1.29 is 0 Å². The highest BCUT2D eigenvalue weighted by atomic mass is 35.5. The van der Waals surface area contributed by atoms with Gasteiger partial charge in [0.2, 0.25) is 0 Å². The Bertz CT molecular complexity index is 431. The largest absolute Gasteiger partial charge is 0.264 e. The molecule has 2 aromatic heterocycles. The lowest BCUT2D eigenvalue weighted by Crippen LogP contribution is -1.98. The summed E-state index contributed by atoms with van der Waals surface area (Å²) in [5, 5.41) is 0. The molecule has 0 aliphatic carbocycles. The third kappa shape index (κ3) is 2.73. The third-order valence-corrected chi connectivity index (χ3v) is 2.26. The normalized spacial score (nSPS) is 10.2. The van der Waals surface area contributed by atoms with Crippen LogP contribution < -0.4 is 0 Å². The van der Waals surface area contributed by atoms with Crippen LogP contribution in [0.3, 0.4) is 0 Å². The summed E-state index contributed by atoms with van der Waals surface area (Å²) in [6, 6.07) is 5.73. The molecule has 0 N–H and O–H groups in total. The van der Waals surface area contributed by atoms with Crippen LogP contribution in [0.1, 0.15) is 17.1 Å². The summed E-state index contributed by atoms with van der Waals surface area (Å²) in [7, 11) is 0. The van der Waals surface area contributed by atoms with Crippen LogP contribution in [-0.2, 0) is 12.3 Å². The molecule has 4 heteroatoms. The number of hydrogen-bond donors (Lipinski definition) is 0. The first kappa shape index (κ1) is 10.1. The van der Waals surface area contributed by atoms with E-state index >= 15 is 0 Å². The van der Waals surface area contributed by atoms with Gasteiger partial charge in [-0.3, -0.25) is 4.98 Å². The summed E-state index contributed by atoms with van der Waals surface area (Å²) in [6.07, 6.45) is 5.99. The fourth-order valence-electron chi connectivity index (χ4n) is 1.29. The standard InChI is InChI=1S/C11H10ClN3/c12-7-10-3-5-14-11(15-10)6-9-2-1-4-13-8-9/h1-5,8H,6-7H2. The van der Waals surface area contributed by atoms with Crippen molar-refractivity contribution >= 4 is 11.6 Å². The number of hydrogen-bond acceptors (Lipinski definition) is 3. The molecule has 0 atom stereocenters. The van der Waals surface area contributed by atoms with E-state index in [1.807, 2.05) is 24.4 Å². The second-order valence-corrected chi connectivity index (χ2v) is 3.40. The maximum Gasteiger partial charge on any atom is 0.133 e. The van der Waals surface area contributed by atoms with Crippen molar-refractivity contribution in [1.29, 1.82) is 0 Å². The van der Waals surface area contributed by atoms with Gasteiger partial charge in [0.05, 0.1) is 11.6 Å². The summed E-state index contributed by atoms with van der Waals surface area (Å²) in [5.74, 6) is 1.20. The molecule has 2 aromatic rings. The van der Waals surface area contributed by atoms with Crippen LogP contribution in [0.15, 0.2) is 36.8 Å². The Hall–Kier alpha value is -1.48. The molecule has 0 spiro atoms. The van der Waals surface area contributed by atoms with E-state index in [9.17, 15) is 0 Å². The molecule has 0 aliphatic heterocycles. The molecule has 15 heavy (non-hydrogen) atoms. The first-order chi connectivity index (χ1) is 7.38. The molecule has 2 heterocycles. The van der Waals surface area contributed by atoms with Gasteiger partial charge in [0.15, 0.2) is 0 Å². The van der Waals surface area contributed by atoms with Crippen molar-refractivity contribution in [1.82, 2.24) is 15.0 Å². The van der Waals surface area contributed by atoms with Gasteiger partial charge in [0, 0.05) is 25.0 Å². The molecular formula is C11H10ClN3. The van der Waals surface area contributed by atoms with Gasteiger partial charge < -0.3 is 0 Å². The molecule has 0 saturated heterocycles. The highest BCUT2D eigenvalue weighted by Crippen LogP contribution is 2.05. The zero-order valence-corrected chi connectivity index (χ0v) is 8.85. The molecule has 0 bridgehead atoms. The van der Waals surface area contributed by atoms with E-state index in [4.69, 9.17) is 11.6 Å². The summed E-state index contributed by atoms with van der Waals surface area (Å²) in [4.78, 5) is 12.5. The summed E-state index contributed by atoms with van der Waals surface area (Å²) in [6.45, 7) is 0. The van der Waals surface area contributed by atoms with Crippen molar-refractivity contribution in [2.75, 3.05) is 0 Å². The van der Waals surface area contributed by atoms with E-state index < -0.39 is 0 Å². The maximum atomic E-state index is 5.70. The zero-order chi connectivity index (χ0) is 10.5. The van der Waals surface area contributed by atoms with Crippen LogP contribution in [0.5, 0.6) is 0 Å². The van der Waals surface area contributed by atoms with E-state index in [1.165, 1.54) is 0 Å². The zero-order valence-electron chi connectivity index (χ0n) is 8.10. The van der Waals surface area contributed by atoms with Crippen LogP contribution >= 0.6 is 11.6 Å². The lowest BCUT2D eigenvalue weighted by Gasteiger charge is -2.00. The molecule has 2 rings (SSSR count). The maximum absolute atomic E-state index is 5.70. The van der Waals surface area contributed by atoms with Gasteiger partial charge >= 0.3 is 0 Å². The number of rotatable bonds is 3. The van der Waals surface area contributed by atoms with Crippen molar-refractivity contribution in [3.63, 3.8) is 0 Å². The molecular weight excluding hydrogens is 210 g/mol. The Labute approximate surface area is 93.2 Å². The van der Waals surface area contributed by atoms with E-state index in [0.29, 0.717) is 12.3 Å². The highest BCUT2D eigenvalue weighted by molar-refractivity contribution is 6.16. The summed E-state index contributed by atoms with van der Waals surface area (Å²) < 4.78 is 0. The van der Waals surface area contributed by atoms with Gasteiger partial charge in [-0.25, -0.2) is 9.97 Å². The van der Waals surface area contributed by atoms with Gasteiger partial charge in [0.25, 0.3) is 0 Å². The molecule has 3 nitrogen and oxygen atoms in total. The van der Waals surface area contributed by atoms with Crippen molar-refractivity contribution in [2.24, 2.45) is 0 Å². The Morgan fingerprint density at radius 1 is 1.20 bits per heavy atom. The Morgan fingerprint density at radius 3 is 2.87 bits per heavy atom. The molecule has 76 valence electrons. The molecule has 0 fully saturated rings. The third-order valence-electron chi connectivity index (χ3n) is 1.99. The van der Waals surface area contributed by atoms with Crippen molar-refractivity contribution in [3.8, 4) is 0 Å². The SMILES string of the molecule is ClCc1ccnc(Cc2cccnc2)n1. The predicted molar refractivity (Wildman–Crippen MR) is 58.6 cm³/mol. The average molecular weight is 220 g/mol. The van der Waals surface area contributed by atoms with E-state index in [-0.39, 0.29) is 0 Å². The monoisotopic (exact) mass is 219 g/mol. The Balaban J connectivity index is 2.17. The first-order valence-electron chi connectivity index (χ1n) is 4.64. The van der Waals surface area contributed by atoms with Gasteiger partial charge in [-0.05, 0) is 17.7 Å². The minimum absolute atomic E-state index is 0.419. The van der Waals surface area contributed by atoms with Crippen LogP contribution in [0.25, 0.3) is 0 Å². The number of halogens is 1. The molecule has 0 aliphatic rings. The van der Waals surface area contributed by atoms with Crippen molar-refractivity contribution in [3.05, 3.63) is 53.9 Å². The predicted octanol–water partition coefficient (Wildman–Crippen LogP) is 2.20. The molecule has 0 saturated carbocycles. The van der Waals surface area contributed by atoms with Crippen molar-refractivity contribution in [2.45, 2.75) is 12.3 Å². The molecule has 0 radical (unpaired) electrons. The van der Waals surface area contributed by atoms with Crippen LogP contribution in [0.4, 0.5) is 0 Å². The molecule has 0 unspecified atom stereocenters. The highest BCUT2D eigenvalue weighted by Gasteiger charge is 2.00. The fourth-order valence-corrected chi connectivity index (χ4v) is 1.43. The summed E-state index contributed by atoms with van der Waals surface area (Å²) in [5.41, 5.74) is 1.95. The minimum atomic E-state index is 0.419. The average Bonchev–Trinajstić information content (AvgIpc) is 2.31. The number of aromatic nitrogens is 3. The van der Waals surface area contributed by atoms with Crippen LogP contribution in [0.2, 0.25) is 0 Å². The fraction of sp³-hybridized carbons (Fsp3) is 0.182. The van der Waals surface area contributed by atoms with Crippen LogP contribution in [0, 0.1) is 0 Å². The second-order valence-electron chi connectivity index (χ2n) is 3.14. The second kappa shape index (κ2) is 4.84. The smallest absolute Gasteiger partial charge is 0.133 e. The van der Waals surface area contributed by atoms with Gasteiger partial charge in [-0.2, -0.15) is 0 Å². The van der Waals surface area contributed by atoms with Crippen LogP contribution in [-0.4, -0.2) is 15.0 Å². The Kier molecular flexibility index (Phi) is 3.25. The minimum Gasteiger partial charge on any atom is -0.264 e. The lowest BCUT2D eigenvalue weighted by atomic mass is 10.2. The number of alkyl halides is 1. The molecule has 0 amide bonds. The van der Waals surface area contributed by atoms with E-state index in [0.717, 1.165) is 17.1 Å². The van der Waals surface area contributed by atoms with E-state index in [1.54, 1.807) is 12.4 Å².